The van der Waals surface area contributed by atoms with E-state index in [0.717, 1.165) is 24.2 Å². The Bertz CT molecular complexity index is 364. The molecule has 0 aromatic heterocycles. The Morgan fingerprint density at radius 3 is 2.25 bits per heavy atom. The van der Waals surface area contributed by atoms with Crippen LogP contribution in [0.2, 0.25) is 0 Å². The molecule has 0 unspecified atom stereocenters. The summed E-state index contributed by atoms with van der Waals surface area (Å²) in [7, 11) is 0. The molecular formula is C14H19NO. The van der Waals surface area contributed by atoms with Crippen LogP contribution in [0.4, 0.5) is 0 Å². The molecule has 1 aromatic rings. The molecule has 1 amide bonds. The van der Waals surface area contributed by atoms with E-state index >= 15 is 0 Å². The number of hydrogen-bond donors (Lipinski definition) is 0. The number of rotatable bonds is 4. The SMILES string of the molecule is CCN(CC)C(=O)C(C)=Cc1ccccc1. The van der Waals surface area contributed by atoms with Gasteiger partial charge in [0.2, 0.25) is 5.91 Å². The smallest absolute Gasteiger partial charge is 0.249 e. The van der Waals surface area contributed by atoms with Crippen molar-refractivity contribution in [2.24, 2.45) is 0 Å². The van der Waals surface area contributed by atoms with Crippen molar-refractivity contribution in [3.05, 3.63) is 41.5 Å². The second-order valence-corrected chi connectivity index (χ2v) is 3.72. The predicted molar refractivity (Wildman–Crippen MR) is 68.0 cm³/mol. The predicted octanol–water partition coefficient (Wildman–Crippen LogP) is 2.96. The van der Waals surface area contributed by atoms with E-state index in [1.807, 2.05) is 62.1 Å². The van der Waals surface area contributed by atoms with Crippen LogP contribution in [0.5, 0.6) is 0 Å². The van der Waals surface area contributed by atoms with Gasteiger partial charge in [0.15, 0.2) is 0 Å². The zero-order valence-electron chi connectivity index (χ0n) is 10.2. The summed E-state index contributed by atoms with van der Waals surface area (Å²) in [5.41, 5.74) is 1.86. The minimum Gasteiger partial charge on any atom is -0.339 e. The summed E-state index contributed by atoms with van der Waals surface area (Å²) in [6, 6.07) is 9.92. The van der Waals surface area contributed by atoms with Crippen LogP contribution in [0, 0.1) is 0 Å². The number of carbonyl (C=O) groups excluding carboxylic acids is 1. The molecule has 1 aromatic carbocycles. The lowest BCUT2D eigenvalue weighted by molar-refractivity contribution is -0.126. The quantitative estimate of drug-likeness (QED) is 0.710. The van der Waals surface area contributed by atoms with Gasteiger partial charge in [-0.2, -0.15) is 0 Å². The fraction of sp³-hybridized carbons (Fsp3) is 0.357. The van der Waals surface area contributed by atoms with Gasteiger partial charge in [0.1, 0.15) is 0 Å². The van der Waals surface area contributed by atoms with Crippen molar-refractivity contribution in [2.45, 2.75) is 20.8 Å². The summed E-state index contributed by atoms with van der Waals surface area (Å²) in [5, 5.41) is 0. The van der Waals surface area contributed by atoms with E-state index in [9.17, 15) is 4.79 Å². The maximum Gasteiger partial charge on any atom is 0.249 e. The molecule has 0 heterocycles. The molecule has 86 valence electrons. The molecule has 0 saturated heterocycles. The molecule has 1 rings (SSSR count). The average Bonchev–Trinajstić information content (AvgIpc) is 2.31. The highest BCUT2D eigenvalue weighted by Gasteiger charge is 2.10. The molecule has 0 N–H and O–H groups in total. The Labute approximate surface area is 97.6 Å². The highest BCUT2D eigenvalue weighted by Crippen LogP contribution is 2.08. The number of amides is 1. The van der Waals surface area contributed by atoms with Crippen LogP contribution in [0.15, 0.2) is 35.9 Å². The van der Waals surface area contributed by atoms with Crippen molar-refractivity contribution >= 4 is 12.0 Å². The van der Waals surface area contributed by atoms with E-state index in [1.165, 1.54) is 0 Å². The summed E-state index contributed by atoms with van der Waals surface area (Å²) in [4.78, 5) is 13.8. The molecule has 16 heavy (non-hydrogen) atoms. The Morgan fingerprint density at radius 1 is 1.19 bits per heavy atom. The fourth-order valence-electron chi connectivity index (χ4n) is 1.62. The number of benzene rings is 1. The van der Waals surface area contributed by atoms with Gasteiger partial charge in [0.25, 0.3) is 0 Å². The molecule has 0 saturated carbocycles. The zero-order chi connectivity index (χ0) is 12.0. The third kappa shape index (κ3) is 3.23. The first-order chi connectivity index (χ1) is 7.69. The topological polar surface area (TPSA) is 20.3 Å². The largest absolute Gasteiger partial charge is 0.339 e. The highest BCUT2D eigenvalue weighted by molar-refractivity contribution is 5.97. The average molecular weight is 217 g/mol. The van der Waals surface area contributed by atoms with Gasteiger partial charge in [-0.15, -0.1) is 0 Å². The van der Waals surface area contributed by atoms with Gasteiger partial charge < -0.3 is 4.90 Å². The van der Waals surface area contributed by atoms with Crippen LogP contribution in [-0.2, 0) is 4.79 Å². The van der Waals surface area contributed by atoms with Gasteiger partial charge in [-0.3, -0.25) is 4.79 Å². The van der Waals surface area contributed by atoms with E-state index in [4.69, 9.17) is 0 Å². The highest BCUT2D eigenvalue weighted by atomic mass is 16.2. The molecule has 0 radical (unpaired) electrons. The first-order valence-corrected chi connectivity index (χ1v) is 5.71. The first kappa shape index (κ1) is 12.5. The summed E-state index contributed by atoms with van der Waals surface area (Å²) >= 11 is 0. The van der Waals surface area contributed by atoms with Crippen molar-refractivity contribution in [3.63, 3.8) is 0 Å². The second kappa shape index (κ2) is 6.11. The molecule has 0 spiro atoms. The lowest BCUT2D eigenvalue weighted by Crippen LogP contribution is -2.30. The Balaban J connectivity index is 2.81. The number of nitrogens with zero attached hydrogens (tertiary/aromatic N) is 1. The Kier molecular flexibility index (Phi) is 4.77. The van der Waals surface area contributed by atoms with Gasteiger partial charge >= 0.3 is 0 Å². The number of hydrogen-bond acceptors (Lipinski definition) is 1. The minimum absolute atomic E-state index is 0.119. The van der Waals surface area contributed by atoms with Crippen molar-refractivity contribution in [1.82, 2.24) is 4.90 Å². The summed E-state index contributed by atoms with van der Waals surface area (Å²) < 4.78 is 0. The molecular weight excluding hydrogens is 198 g/mol. The Hall–Kier alpha value is -1.57. The fourth-order valence-corrected chi connectivity index (χ4v) is 1.62. The van der Waals surface area contributed by atoms with Gasteiger partial charge in [-0.1, -0.05) is 30.3 Å². The maximum absolute atomic E-state index is 12.0. The molecule has 0 aliphatic rings. The maximum atomic E-state index is 12.0. The monoisotopic (exact) mass is 217 g/mol. The van der Waals surface area contributed by atoms with Gasteiger partial charge in [0.05, 0.1) is 0 Å². The molecule has 0 bridgehead atoms. The van der Waals surface area contributed by atoms with Crippen molar-refractivity contribution in [1.29, 1.82) is 0 Å². The van der Waals surface area contributed by atoms with E-state index < -0.39 is 0 Å². The van der Waals surface area contributed by atoms with E-state index in [0.29, 0.717) is 0 Å². The second-order valence-electron chi connectivity index (χ2n) is 3.72. The zero-order valence-corrected chi connectivity index (χ0v) is 10.2. The molecule has 2 nitrogen and oxygen atoms in total. The minimum atomic E-state index is 0.119. The molecule has 2 heteroatoms. The third-order valence-electron chi connectivity index (χ3n) is 2.57. The lowest BCUT2D eigenvalue weighted by Gasteiger charge is -2.18. The number of likely N-dealkylation sites (N-methyl/N-ethyl adjacent to an activating group) is 1. The van der Waals surface area contributed by atoms with Crippen molar-refractivity contribution < 1.29 is 4.79 Å². The first-order valence-electron chi connectivity index (χ1n) is 5.71. The van der Waals surface area contributed by atoms with Crippen LogP contribution in [0.3, 0.4) is 0 Å². The summed E-state index contributed by atoms with van der Waals surface area (Å²) in [5.74, 6) is 0.119. The molecule has 0 atom stereocenters. The van der Waals surface area contributed by atoms with E-state index in [-0.39, 0.29) is 5.91 Å². The third-order valence-corrected chi connectivity index (χ3v) is 2.57. The van der Waals surface area contributed by atoms with Crippen LogP contribution < -0.4 is 0 Å². The molecule has 0 aliphatic carbocycles. The normalized spacial score (nSPS) is 11.3. The molecule has 0 fully saturated rings. The molecule has 0 aliphatic heterocycles. The van der Waals surface area contributed by atoms with Crippen LogP contribution >= 0.6 is 0 Å². The standard InChI is InChI=1S/C14H19NO/c1-4-15(5-2)14(16)12(3)11-13-9-7-6-8-10-13/h6-11H,4-5H2,1-3H3. The summed E-state index contributed by atoms with van der Waals surface area (Å²) in [6.07, 6.45) is 1.93. The van der Waals surface area contributed by atoms with Gasteiger partial charge in [-0.25, -0.2) is 0 Å². The van der Waals surface area contributed by atoms with E-state index in [2.05, 4.69) is 0 Å². The lowest BCUT2D eigenvalue weighted by atomic mass is 10.1. The van der Waals surface area contributed by atoms with Crippen LogP contribution in [0.1, 0.15) is 26.3 Å². The van der Waals surface area contributed by atoms with E-state index in [1.54, 1.807) is 0 Å². The van der Waals surface area contributed by atoms with Crippen molar-refractivity contribution in [3.8, 4) is 0 Å². The van der Waals surface area contributed by atoms with Crippen LogP contribution in [-0.4, -0.2) is 23.9 Å². The van der Waals surface area contributed by atoms with Crippen molar-refractivity contribution in [2.75, 3.05) is 13.1 Å². The van der Waals surface area contributed by atoms with Crippen LogP contribution in [0.25, 0.3) is 6.08 Å². The number of carbonyl (C=O) groups is 1. The Morgan fingerprint density at radius 2 is 1.75 bits per heavy atom. The van der Waals surface area contributed by atoms with Gasteiger partial charge in [0, 0.05) is 18.7 Å². The van der Waals surface area contributed by atoms with Gasteiger partial charge in [-0.05, 0) is 32.4 Å². The summed E-state index contributed by atoms with van der Waals surface area (Å²) in [6.45, 7) is 7.38.